The Morgan fingerprint density at radius 3 is 1.56 bits per heavy atom. The molecule has 0 unspecified atom stereocenters. The van der Waals surface area contributed by atoms with Crippen molar-refractivity contribution in [3.8, 4) is 23.7 Å². The molecular weight excluding hydrogens is 686 g/mol. The van der Waals surface area contributed by atoms with Gasteiger partial charge < -0.3 is 25.6 Å². The third kappa shape index (κ3) is 14.3. The minimum absolute atomic E-state index is 0. The van der Waals surface area contributed by atoms with E-state index >= 15 is 0 Å². The molecule has 2 fully saturated rings. The fourth-order valence-corrected chi connectivity index (χ4v) is 5.11. The first-order valence-electron chi connectivity index (χ1n) is 16.9. The van der Waals surface area contributed by atoms with Crippen molar-refractivity contribution in [2.75, 3.05) is 39.5 Å². The molecule has 52 heavy (non-hydrogen) atoms. The first kappa shape index (κ1) is 41.4. The molecule has 0 aliphatic carbocycles. The van der Waals surface area contributed by atoms with E-state index in [9.17, 15) is 18.4 Å². The molecule has 0 bridgehead atoms. The molecule has 1 amide bonds. The Hall–Kier alpha value is -5.03. The number of aromatic carboxylic acids is 1. The van der Waals surface area contributed by atoms with Crippen molar-refractivity contribution in [2.24, 2.45) is 17.6 Å². The van der Waals surface area contributed by atoms with Gasteiger partial charge in [-0.3, -0.25) is 4.79 Å². The molecule has 2 aliphatic rings. The van der Waals surface area contributed by atoms with Crippen LogP contribution < -0.4 is 11.1 Å². The average Bonchev–Trinajstić information content (AvgIpc) is 3.18. The minimum Gasteiger partial charge on any atom is -0.478 e. The first-order valence-corrected chi connectivity index (χ1v) is 16.9. The van der Waals surface area contributed by atoms with Gasteiger partial charge in [0, 0.05) is 36.4 Å². The second-order valence-corrected chi connectivity index (χ2v) is 12.0. The van der Waals surface area contributed by atoms with Crippen LogP contribution >= 0.6 is 12.4 Å². The lowest BCUT2D eigenvalue weighted by Crippen LogP contribution is -2.33. The van der Waals surface area contributed by atoms with Gasteiger partial charge in [0.1, 0.15) is 11.6 Å². The highest BCUT2D eigenvalue weighted by Crippen LogP contribution is 2.13. The van der Waals surface area contributed by atoms with Crippen LogP contribution in [0.5, 0.6) is 0 Å². The number of carbonyl (C=O) groups excluding carboxylic acids is 1. The van der Waals surface area contributed by atoms with Gasteiger partial charge in [-0.2, -0.15) is 0 Å². The summed E-state index contributed by atoms with van der Waals surface area (Å²) in [6.07, 6.45) is 4.60. The minimum atomic E-state index is -0.983. The van der Waals surface area contributed by atoms with Crippen LogP contribution in [-0.4, -0.2) is 56.5 Å². The molecule has 0 spiro atoms. The van der Waals surface area contributed by atoms with E-state index in [0.717, 1.165) is 44.8 Å². The number of hydrogen-bond acceptors (Lipinski definition) is 5. The second kappa shape index (κ2) is 22.7. The number of nitrogens with two attached hydrogens (primary N) is 1. The zero-order valence-corrected chi connectivity index (χ0v) is 29.6. The van der Waals surface area contributed by atoms with Crippen LogP contribution in [0.15, 0.2) is 97.1 Å². The summed E-state index contributed by atoms with van der Waals surface area (Å²) >= 11 is 0. The molecule has 2 atom stereocenters. The molecule has 10 heteroatoms. The normalized spacial score (nSPS) is 15.9. The lowest BCUT2D eigenvalue weighted by molar-refractivity contribution is 0.0536. The maximum Gasteiger partial charge on any atom is 0.335 e. The highest BCUT2D eigenvalue weighted by Gasteiger charge is 2.15. The van der Waals surface area contributed by atoms with Gasteiger partial charge in [-0.25, -0.2) is 13.6 Å². The van der Waals surface area contributed by atoms with E-state index in [-0.39, 0.29) is 35.5 Å². The molecule has 6 rings (SSSR count). The van der Waals surface area contributed by atoms with Gasteiger partial charge in [-0.1, -0.05) is 47.9 Å². The molecule has 4 aromatic rings. The number of hydrogen-bond donors (Lipinski definition) is 3. The van der Waals surface area contributed by atoms with Crippen molar-refractivity contribution < 1.29 is 33.0 Å². The number of halogens is 3. The Bertz CT molecular complexity index is 1830. The van der Waals surface area contributed by atoms with Gasteiger partial charge in [0.05, 0.1) is 29.9 Å². The summed E-state index contributed by atoms with van der Waals surface area (Å²) in [5, 5.41) is 11.7. The van der Waals surface area contributed by atoms with Gasteiger partial charge >= 0.3 is 5.97 Å². The Labute approximate surface area is 310 Å². The predicted octanol–water partition coefficient (Wildman–Crippen LogP) is 7.10. The van der Waals surface area contributed by atoms with E-state index in [4.69, 9.17) is 20.3 Å². The van der Waals surface area contributed by atoms with Crippen molar-refractivity contribution in [2.45, 2.75) is 25.7 Å². The van der Waals surface area contributed by atoms with Crippen LogP contribution in [0.2, 0.25) is 0 Å². The van der Waals surface area contributed by atoms with Crippen LogP contribution in [-0.2, 0) is 9.47 Å². The SMILES string of the molecule is Cl.NC[C@@H]1CCCOC1.O=C(NC[C@@H]1CCCOC1)c1ccc(C#Cc2ccccc2F)cc1.O=C(O)c1ccc(C#Cc2ccccc2F)cc1. The summed E-state index contributed by atoms with van der Waals surface area (Å²) in [6.45, 7) is 4.78. The third-order valence-corrected chi connectivity index (χ3v) is 8.10. The highest BCUT2D eigenvalue weighted by molar-refractivity contribution is 5.94. The number of carboxylic acid groups (broad SMARTS) is 1. The van der Waals surface area contributed by atoms with E-state index in [0.29, 0.717) is 47.2 Å². The van der Waals surface area contributed by atoms with Gasteiger partial charge in [0.15, 0.2) is 0 Å². The largest absolute Gasteiger partial charge is 0.478 e. The number of nitrogens with one attached hydrogen (secondary N) is 1. The third-order valence-electron chi connectivity index (χ3n) is 8.10. The summed E-state index contributed by atoms with van der Waals surface area (Å²) in [5.74, 6) is 10.5. The molecular formula is C42H43ClF2N2O5. The molecule has 4 aromatic carbocycles. The van der Waals surface area contributed by atoms with Crippen LogP contribution in [0.3, 0.4) is 0 Å². The zero-order valence-electron chi connectivity index (χ0n) is 28.8. The molecule has 0 aromatic heterocycles. The fraction of sp³-hybridized carbons (Fsp3) is 0.286. The monoisotopic (exact) mass is 728 g/mol. The summed E-state index contributed by atoms with van der Waals surface area (Å²) < 4.78 is 37.4. The van der Waals surface area contributed by atoms with E-state index in [1.165, 1.54) is 37.1 Å². The Morgan fingerprint density at radius 1 is 0.692 bits per heavy atom. The Kier molecular flexibility index (Phi) is 18.1. The van der Waals surface area contributed by atoms with Crippen LogP contribution in [0.1, 0.15) is 68.7 Å². The standard InChI is InChI=1S/C21H20FNO2.C15H9FO2.C6H13NO.ClH/c22-20-6-2-1-5-18(20)10-7-16-8-11-19(12-9-16)21(24)23-14-17-4-3-13-25-15-17;16-14-4-2-1-3-12(14)8-5-11-6-9-13(10-7-11)15(17)18;7-4-6-2-1-3-8-5-6;/h1-2,5-6,8-9,11-12,17H,3-4,13-15H2,(H,23,24);1-4,6-7,9-10H,(H,17,18);6H,1-5,7H2;1H/t17-;;6-;/m0.0./s1. The molecule has 0 radical (unpaired) electrons. The fourth-order valence-electron chi connectivity index (χ4n) is 5.11. The van der Waals surface area contributed by atoms with Crippen molar-refractivity contribution in [1.82, 2.24) is 5.32 Å². The molecule has 2 aliphatic heterocycles. The van der Waals surface area contributed by atoms with Gasteiger partial charge in [0.2, 0.25) is 0 Å². The molecule has 2 heterocycles. The van der Waals surface area contributed by atoms with Crippen LogP contribution in [0.4, 0.5) is 8.78 Å². The summed E-state index contributed by atoms with van der Waals surface area (Å²) in [6, 6.07) is 25.8. The highest BCUT2D eigenvalue weighted by atomic mass is 35.5. The average molecular weight is 729 g/mol. The van der Waals surface area contributed by atoms with E-state index < -0.39 is 5.97 Å². The van der Waals surface area contributed by atoms with Gasteiger partial charge in [-0.15, -0.1) is 12.4 Å². The summed E-state index contributed by atoms with van der Waals surface area (Å²) in [7, 11) is 0. The van der Waals surface area contributed by atoms with Crippen molar-refractivity contribution in [3.05, 3.63) is 142 Å². The smallest absolute Gasteiger partial charge is 0.335 e. The van der Waals surface area contributed by atoms with Crippen molar-refractivity contribution in [3.63, 3.8) is 0 Å². The molecule has 7 nitrogen and oxygen atoms in total. The van der Waals surface area contributed by atoms with E-state index in [1.807, 2.05) is 0 Å². The maximum absolute atomic E-state index is 13.5. The lowest BCUT2D eigenvalue weighted by Gasteiger charge is -2.22. The quantitative estimate of drug-likeness (QED) is 0.189. The number of benzene rings is 4. The molecule has 2 saturated heterocycles. The summed E-state index contributed by atoms with van der Waals surface area (Å²) in [4.78, 5) is 22.8. The summed E-state index contributed by atoms with van der Waals surface area (Å²) in [5.41, 5.74) is 8.27. The van der Waals surface area contributed by atoms with Crippen molar-refractivity contribution in [1.29, 1.82) is 0 Å². The molecule has 272 valence electrons. The second-order valence-electron chi connectivity index (χ2n) is 12.0. The predicted molar refractivity (Wildman–Crippen MR) is 200 cm³/mol. The topological polar surface area (TPSA) is 111 Å². The van der Waals surface area contributed by atoms with Crippen LogP contribution in [0, 0.1) is 47.2 Å². The van der Waals surface area contributed by atoms with Gasteiger partial charge in [-0.05, 0) is 117 Å². The lowest BCUT2D eigenvalue weighted by atomic mass is 10.0. The number of rotatable bonds is 5. The Morgan fingerprint density at radius 2 is 1.15 bits per heavy atom. The zero-order chi connectivity index (χ0) is 36.3. The number of carboxylic acids is 1. The first-order chi connectivity index (χ1) is 24.8. The van der Waals surface area contributed by atoms with E-state index in [1.54, 1.807) is 72.8 Å². The molecule has 4 N–H and O–H groups in total. The van der Waals surface area contributed by atoms with Crippen LogP contribution in [0.25, 0.3) is 0 Å². The molecule has 0 saturated carbocycles. The Balaban J connectivity index is 0.000000235. The number of amides is 1. The maximum atomic E-state index is 13.5. The number of carbonyl (C=O) groups is 2. The van der Waals surface area contributed by atoms with Crippen molar-refractivity contribution >= 4 is 24.3 Å². The van der Waals surface area contributed by atoms with E-state index in [2.05, 4.69) is 29.0 Å². The van der Waals surface area contributed by atoms with Gasteiger partial charge in [0.25, 0.3) is 5.91 Å². The number of ether oxygens (including phenoxy) is 2.